The quantitative estimate of drug-likeness (QED) is 0.149. The zero-order valence-electron chi connectivity index (χ0n) is 23.8. The summed E-state index contributed by atoms with van der Waals surface area (Å²) in [7, 11) is -5.86. The molecule has 8 nitrogen and oxygen atoms in total. The lowest BCUT2D eigenvalue weighted by molar-refractivity contribution is -0.0436. The Bertz CT molecular complexity index is 2050. The molecule has 14 heteroatoms. The molecule has 5 aromatic rings. The number of sulfone groups is 1. The molecule has 0 spiro atoms. The van der Waals surface area contributed by atoms with Crippen LogP contribution in [0.2, 0.25) is 10.0 Å². The van der Waals surface area contributed by atoms with Crippen LogP contribution in [0, 0.1) is 0 Å². The summed E-state index contributed by atoms with van der Waals surface area (Å²) in [5.41, 5.74) is 2.95. The van der Waals surface area contributed by atoms with Crippen molar-refractivity contribution in [1.82, 2.24) is 9.55 Å². The van der Waals surface area contributed by atoms with Crippen molar-refractivity contribution in [2.45, 2.75) is 30.3 Å². The smallest absolute Gasteiger partial charge is 0.478 e. The number of alkyl halides is 3. The summed E-state index contributed by atoms with van der Waals surface area (Å²) < 4.78 is 71.0. The van der Waals surface area contributed by atoms with Gasteiger partial charge in [-0.25, -0.2) is 18.2 Å². The van der Waals surface area contributed by atoms with E-state index >= 15 is 0 Å². The molecule has 0 amide bonds. The largest absolute Gasteiger partial charge is 0.501 e. The predicted molar refractivity (Wildman–Crippen MR) is 169 cm³/mol. The highest BCUT2D eigenvalue weighted by Crippen LogP contribution is 2.38. The maximum absolute atomic E-state index is 13.2. The van der Waals surface area contributed by atoms with E-state index in [1.165, 1.54) is 12.1 Å². The molecule has 4 aromatic carbocycles. The van der Waals surface area contributed by atoms with Crippen LogP contribution in [0.5, 0.6) is 11.5 Å². The highest BCUT2D eigenvalue weighted by molar-refractivity contribution is 7.92. The maximum atomic E-state index is 13.2. The number of nitrogen functional groups attached to an aromatic ring is 1. The van der Waals surface area contributed by atoms with Gasteiger partial charge in [0.05, 0.1) is 26.9 Å². The molecule has 5 rings (SSSR count). The monoisotopic (exact) mass is 689 g/mol. The van der Waals surface area contributed by atoms with E-state index in [0.29, 0.717) is 35.1 Å². The Morgan fingerprint density at radius 3 is 2.17 bits per heavy atom. The molecule has 0 aliphatic heterocycles. The number of aromatic nitrogens is 2. The first kappa shape index (κ1) is 32.9. The summed E-state index contributed by atoms with van der Waals surface area (Å²) in [5, 5.41) is 10.4. The Labute approximate surface area is 271 Å². The van der Waals surface area contributed by atoms with Crippen molar-refractivity contribution in [3.05, 3.63) is 112 Å². The van der Waals surface area contributed by atoms with Gasteiger partial charge in [-0.05, 0) is 60.0 Å². The third kappa shape index (κ3) is 6.69. The third-order valence-corrected chi connectivity index (χ3v) is 9.11. The van der Waals surface area contributed by atoms with E-state index in [0.717, 1.165) is 33.8 Å². The van der Waals surface area contributed by atoms with E-state index < -0.39 is 43.2 Å². The topological polar surface area (TPSA) is 125 Å². The van der Waals surface area contributed by atoms with Gasteiger partial charge in [0.25, 0.3) is 9.84 Å². The van der Waals surface area contributed by atoms with Crippen molar-refractivity contribution in [3.63, 3.8) is 0 Å². The zero-order chi connectivity index (χ0) is 33.4. The molecule has 0 saturated carbocycles. The van der Waals surface area contributed by atoms with Crippen LogP contribution in [0.15, 0.2) is 90.0 Å². The predicted octanol–water partition coefficient (Wildman–Crippen LogP) is 8.50. The van der Waals surface area contributed by atoms with E-state index in [1.807, 2.05) is 48.0 Å². The van der Waals surface area contributed by atoms with E-state index in [-0.39, 0.29) is 5.75 Å². The number of carbonyl (C=O) groups is 1. The lowest BCUT2D eigenvalue weighted by atomic mass is 10.0. The van der Waals surface area contributed by atoms with Crippen molar-refractivity contribution in [2.75, 3.05) is 5.73 Å². The Hall–Kier alpha value is -4.52. The maximum Gasteiger partial charge on any atom is 0.501 e. The van der Waals surface area contributed by atoms with E-state index in [9.17, 15) is 31.5 Å². The van der Waals surface area contributed by atoms with E-state index in [4.69, 9.17) is 38.7 Å². The minimum atomic E-state index is -5.86. The number of benzene rings is 4. The van der Waals surface area contributed by atoms with Crippen LogP contribution in [0.25, 0.3) is 22.4 Å². The third-order valence-electron chi connectivity index (χ3n) is 7.10. The number of carboxylic acid groups (broad SMARTS) is 1. The summed E-state index contributed by atoms with van der Waals surface area (Å²) in [5.74, 6) is -1.32. The molecule has 0 unspecified atom stereocenters. The number of nitrogens with two attached hydrogens (primary N) is 1. The van der Waals surface area contributed by atoms with Gasteiger partial charge in [0.1, 0.15) is 11.6 Å². The van der Waals surface area contributed by atoms with Crippen LogP contribution in [-0.4, -0.2) is 34.6 Å². The van der Waals surface area contributed by atoms with Gasteiger partial charge in [0, 0.05) is 35.8 Å². The lowest BCUT2D eigenvalue weighted by Crippen LogP contribution is -2.23. The van der Waals surface area contributed by atoms with Crippen molar-refractivity contribution in [3.8, 4) is 33.9 Å². The molecule has 0 saturated heterocycles. The Balaban J connectivity index is 1.34. The van der Waals surface area contributed by atoms with Crippen LogP contribution >= 0.6 is 23.2 Å². The molecular weight excluding hydrogens is 666 g/mol. The summed E-state index contributed by atoms with van der Waals surface area (Å²) in [6, 6.07) is 20.3. The molecule has 46 heavy (non-hydrogen) atoms. The number of aryl methyl sites for hydroxylation is 1. The highest BCUT2D eigenvalue weighted by atomic mass is 35.5. The van der Waals surface area contributed by atoms with E-state index in [2.05, 4.69) is 0 Å². The van der Waals surface area contributed by atoms with Crippen molar-refractivity contribution >= 4 is 44.7 Å². The van der Waals surface area contributed by atoms with Crippen LogP contribution in [0.4, 0.5) is 18.9 Å². The van der Waals surface area contributed by atoms with E-state index in [1.54, 1.807) is 24.3 Å². The van der Waals surface area contributed by atoms with Gasteiger partial charge in [0.15, 0.2) is 5.75 Å². The molecule has 3 N–H and O–H groups in total. The first-order chi connectivity index (χ1) is 21.7. The second-order valence-electron chi connectivity index (χ2n) is 10.1. The molecule has 0 bridgehead atoms. The molecule has 0 aliphatic rings. The van der Waals surface area contributed by atoms with Gasteiger partial charge < -0.3 is 20.1 Å². The number of halogens is 5. The average Bonchev–Trinajstić information content (AvgIpc) is 3.40. The van der Waals surface area contributed by atoms with Gasteiger partial charge in [-0.2, -0.15) is 13.2 Å². The molecule has 0 atom stereocenters. The number of carboxylic acids is 1. The number of imidazole rings is 1. The molecule has 1 aromatic heterocycles. The average molecular weight is 691 g/mol. The summed E-state index contributed by atoms with van der Waals surface area (Å²) in [4.78, 5) is 15.1. The molecule has 0 radical (unpaired) electrons. The molecule has 0 fully saturated rings. The SMILES string of the molecule is CCn1cc(-c2ccc(Cl)cc2Cl)nc1Cc1ccc(-c2ccc(Oc3cc(S(=O)(=O)C(F)(F)F)cc(C(=O)O)c3N)cc2)cc1. The number of hydrogen-bond acceptors (Lipinski definition) is 6. The Morgan fingerprint density at radius 2 is 1.61 bits per heavy atom. The normalized spacial score (nSPS) is 11.9. The van der Waals surface area contributed by atoms with Crippen molar-refractivity contribution < 1.29 is 36.2 Å². The highest BCUT2D eigenvalue weighted by Gasteiger charge is 2.47. The fraction of sp³-hybridized carbons (Fsp3) is 0.125. The van der Waals surface area contributed by atoms with Gasteiger partial charge >= 0.3 is 11.5 Å². The van der Waals surface area contributed by atoms with Crippen LogP contribution in [0.3, 0.4) is 0 Å². The van der Waals surface area contributed by atoms with Gasteiger partial charge in [-0.1, -0.05) is 59.6 Å². The standard InChI is InChI=1S/C32H24Cl2F3N3O5S/c1-2-40-17-27(24-12-9-21(33)14-26(24)34)39-29(40)13-18-3-5-19(6-4-18)20-7-10-22(11-8-20)45-28-16-23(46(43,44)32(35,36)37)15-25(30(28)38)31(41)42/h3-12,14-17H,2,13,38H2,1H3,(H,41,42). The number of rotatable bonds is 9. The Morgan fingerprint density at radius 1 is 0.978 bits per heavy atom. The fourth-order valence-corrected chi connectivity index (χ4v) is 6.00. The molecule has 0 aliphatic carbocycles. The second-order valence-corrected chi connectivity index (χ2v) is 12.9. The summed E-state index contributed by atoms with van der Waals surface area (Å²) >= 11 is 12.4. The van der Waals surface area contributed by atoms with Gasteiger partial charge in [-0.3, -0.25) is 0 Å². The number of nitrogens with zero attached hydrogens (tertiary/aromatic N) is 2. The number of ether oxygens (including phenoxy) is 1. The van der Waals surface area contributed by atoms with Gasteiger partial charge in [0.2, 0.25) is 0 Å². The summed E-state index contributed by atoms with van der Waals surface area (Å²) in [6.07, 6.45) is 2.51. The minimum absolute atomic E-state index is 0.0907. The number of hydrogen-bond donors (Lipinski definition) is 2. The summed E-state index contributed by atoms with van der Waals surface area (Å²) in [6.45, 7) is 2.74. The Kier molecular flexibility index (Phi) is 9.07. The van der Waals surface area contributed by atoms with Crippen LogP contribution in [0.1, 0.15) is 28.7 Å². The van der Waals surface area contributed by atoms with Crippen molar-refractivity contribution in [1.29, 1.82) is 0 Å². The zero-order valence-corrected chi connectivity index (χ0v) is 26.2. The van der Waals surface area contributed by atoms with Crippen LogP contribution < -0.4 is 10.5 Å². The first-order valence-electron chi connectivity index (χ1n) is 13.5. The molecule has 1 heterocycles. The van der Waals surface area contributed by atoms with Gasteiger partial charge in [-0.15, -0.1) is 0 Å². The molecule has 238 valence electrons. The fourth-order valence-electron chi connectivity index (χ4n) is 4.69. The van der Waals surface area contributed by atoms with Crippen molar-refractivity contribution in [2.24, 2.45) is 0 Å². The first-order valence-corrected chi connectivity index (χ1v) is 15.8. The number of aromatic carboxylic acids is 1. The second kappa shape index (κ2) is 12.7. The molecular formula is C32H24Cl2F3N3O5S. The number of anilines is 1. The minimum Gasteiger partial charge on any atom is -0.478 e. The lowest BCUT2D eigenvalue weighted by Gasteiger charge is -2.15. The van der Waals surface area contributed by atoms with Crippen LogP contribution in [-0.2, 0) is 22.8 Å².